The van der Waals surface area contributed by atoms with Gasteiger partial charge in [-0.3, -0.25) is 4.79 Å². The molecule has 27 heavy (non-hydrogen) atoms. The molecule has 1 aliphatic heterocycles. The molecule has 0 unspecified atom stereocenters. The predicted molar refractivity (Wildman–Crippen MR) is 99.9 cm³/mol. The van der Waals surface area contributed by atoms with Crippen LogP contribution in [0.2, 0.25) is 0 Å². The van der Waals surface area contributed by atoms with Crippen LogP contribution in [0.5, 0.6) is 0 Å². The van der Waals surface area contributed by atoms with Gasteiger partial charge in [0.1, 0.15) is 11.9 Å². The molecule has 0 spiro atoms. The lowest BCUT2D eigenvalue weighted by atomic mass is 10.2. The molecule has 1 saturated heterocycles. The molecular formula is C19H22N6O2. The summed E-state index contributed by atoms with van der Waals surface area (Å²) < 4.78 is 5.87. The summed E-state index contributed by atoms with van der Waals surface area (Å²) in [5.74, 6) is 2.34. The van der Waals surface area contributed by atoms with Crippen LogP contribution in [0.25, 0.3) is 0 Å². The summed E-state index contributed by atoms with van der Waals surface area (Å²) >= 11 is 0. The first-order valence-electron chi connectivity index (χ1n) is 9.15. The Morgan fingerprint density at radius 3 is 2.67 bits per heavy atom. The molecule has 140 valence electrons. The largest absolute Gasteiger partial charge is 0.423 e. The van der Waals surface area contributed by atoms with Crippen molar-refractivity contribution in [2.24, 2.45) is 0 Å². The third-order valence-electron chi connectivity index (χ3n) is 4.96. The van der Waals surface area contributed by atoms with Gasteiger partial charge in [-0.15, -0.1) is 0 Å². The SMILES string of the molecule is CN(C)c1cc(C(=O)N2CCN(c3oc(C4CC4)nc3C#N)CC2)ccn1. The third-order valence-corrected chi connectivity index (χ3v) is 4.96. The van der Waals surface area contributed by atoms with E-state index >= 15 is 0 Å². The minimum Gasteiger partial charge on any atom is -0.423 e. The lowest BCUT2D eigenvalue weighted by Crippen LogP contribution is -2.49. The molecule has 8 nitrogen and oxygen atoms in total. The fourth-order valence-electron chi connectivity index (χ4n) is 3.21. The van der Waals surface area contributed by atoms with E-state index in [0.29, 0.717) is 55.1 Å². The van der Waals surface area contributed by atoms with Crippen LogP contribution < -0.4 is 9.80 Å². The number of pyridine rings is 1. The molecule has 2 aromatic heterocycles. The minimum absolute atomic E-state index is 0.00287. The molecule has 3 heterocycles. The van der Waals surface area contributed by atoms with Crippen molar-refractivity contribution < 1.29 is 9.21 Å². The standard InChI is InChI=1S/C19H22N6O2/c1-23(2)16-11-14(5-6-21-16)18(26)24-7-9-25(10-8-24)19-15(12-20)22-17(27-19)13-3-4-13/h5-6,11,13H,3-4,7-10H2,1-2H3. The molecule has 1 aliphatic carbocycles. The van der Waals surface area contributed by atoms with Crippen LogP contribution >= 0.6 is 0 Å². The number of piperazine rings is 1. The maximum atomic E-state index is 12.8. The Morgan fingerprint density at radius 2 is 2.04 bits per heavy atom. The van der Waals surface area contributed by atoms with E-state index in [1.165, 1.54) is 0 Å². The van der Waals surface area contributed by atoms with Gasteiger partial charge >= 0.3 is 0 Å². The van der Waals surface area contributed by atoms with Crippen LogP contribution in [0, 0.1) is 11.3 Å². The van der Waals surface area contributed by atoms with Gasteiger partial charge in [0.15, 0.2) is 0 Å². The van der Waals surface area contributed by atoms with Gasteiger partial charge in [0.25, 0.3) is 5.91 Å². The van der Waals surface area contributed by atoms with E-state index in [4.69, 9.17) is 4.42 Å². The first-order chi connectivity index (χ1) is 13.1. The van der Waals surface area contributed by atoms with Crippen molar-refractivity contribution >= 4 is 17.6 Å². The average Bonchev–Trinajstić information content (AvgIpc) is 3.46. The van der Waals surface area contributed by atoms with E-state index in [-0.39, 0.29) is 5.91 Å². The Morgan fingerprint density at radius 1 is 1.30 bits per heavy atom. The third kappa shape index (κ3) is 3.45. The number of aromatic nitrogens is 2. The van der Waals surface area contributed by atoms with Crippen LogP contribution in [0.15, 0.2) is 22.7 Å². The normalized spacial score (nSPS) is 16.9. The monoisotopic (exact) mass is 366 g/mol. The van der Waals surface area contributed by atoms with E-state index in [0.717, 1.165) is 18.7 Å². The number of rotatable bonds is 4. The number of anilines is 2. The summed E-state index contributed by atoms with van der Waals surface area (Å²) in [7, 11) is 3.80. The lowest BCUT2D eigenvalue weighted by Gasteiger charge is -2.34. The first kappa shape index (κ1) is 17.3. The summed E-state index contributed by atoms with van der Waals surface area (Å²) in [6.07, 6.45) is 3.81. The Bertz CT molecular complexity index is 888. The number of oxazole rings is 1. The number of carbonyl (C=O) groups excluding carboxylic acids is 1. The van der Waals surface area contributed by atoms with Gasteiger partial charge < -0.3 is 19.1 Å². The van der Waals surface area contributed by atoms with Crippen molar-refractivity contribution in [3.8, 4) is 6.07 Å². The number of carbonyl (C=O) groups is 1. The van der Waals surface area contributed by atoms with Gasteiger partial charge in [0.05, 0.1) is 0 Å². The molecule has 0 bridgehead atoms. The Kier molecular flexibility index (Phi) is 4.44. The number of nitriles is 1. The highest BCUT2D eigenvalue weighted by molar-refractivity contribution is 5.95. The molecule has 8 heteroatoms. The Balaban J connectivity index is 1.44. The van der Waals surface area contributed by atoms with Gasteiger partial charge in [-0.1, -0.05) is 0 Å². The highest BCUT2D eigenvalue weighted by Crippen LogP contribution is 2.41. The quantitative estimate of drug-likeness (QED) is 0.816. The first-order valence-corrected chi connectivity index (χ1v) is 9.15. The number of hydrogen-bond acceptors (Lipinski definition) is 7. The molecule has 0 N–H and O–H groups in total. The molecule has 1 saturated carbocycles. The Labute approximate surface area is 158 Å². The number of nitrogens with zero attached hydrogens (tertiary/aromatic N) is 6. The Hall–Kier alpha value is -3.08. The average molecular weight is 366 g/mol. The summed E-state index contributed by atoms with van der Waals surface area (Å²) in [5, 5.41) is 9.35. The molecule has 0 radical (unpaired) electrons. The lowest BCUT2D eigenvalue weighted by molar-refractivity contribution is 0.0745. The fourth-order valence-corrected chi connectivity index (χ4v) is 3.21. The van der Waals surface area contributed by atoms with E-state index in [1.807, 2.05) is 28.8 Å². The fraction of sp³-hybridized carbons (Fsp3) is 0.474. The van der Waals surface area contributed by atoms with Crippen molar-refractivity contribution in [2.45, 2.75) is 18.8 Å². The van der Waals surface area contributed by atoms with Crippen molar-refractivity contribution in [3.05, 3.63) is 35.5 Å². The van der Waals surface area contributed by atoms with Crippen LogP contribution in [-0.2, 0) is 0 Å². The van der Waals surface area contributed by atoms with Crippen molar-refractivity contribution in [3.63, 3.8) is 0 Å². The molecule has 2 fully saturated rings. The zero-order valence-electron chi connectivity index (χ0n) is 15.6. The second-order valence-electron chi connectivity index (χ2n) is 7.17. The van der Waals surface area contributed by atoms with Crippen LogP contribution in [0.4, 0.5) is 11.7 Å². The summed E-state index contributed by atoms with van der Waals surface area (Å²) in [6.45, 7) is 2.38. The van der Waals surface area contributed by atoms with E-state index in [1.54, 1.807) is 18.3 Å². The van der Waals surface area contributed by atoms with Crippen molar-refractivity contribution in [2.75, 3.05) is 50.1 Å². The number of amides is 1. The van der Waals surface area contributed by atoms with Crippen LogP contribution in [0.1, 0.15) is 40.7 Å². The second kappa shape index (κ2) is 6.91. The van der Waals surface area contributed by atoms with Crippen LogP contribution in [-0.4, -0.2) is 61.0 Å². The van der Waals surface area contributed by atoms with Gasteiger partial charge in [-0.25, -0.2) is 9.97 Å². The highest BCUT2D eigenvalue weighted by Gasteiger charge is 2.33. The maximum absolute atomic E-state index is 12.8. The van der Waals surface area contributed by atoms with Gasteiger partial charge in [0.2, 0.25) is 17.5 Å². The molecule has 0 aromatic carbocycles. The molecule has 2 aromatic rings. The van der Waals surface area contributed by atoms with Gasteiger partial charge in [-0.05, 0) is 25.0 Å². The maximum Gasteiger partial charge on any atom is 0.254 e. The summed E-state index contributed by atoms with van der Waals surface area (Å²) in [6, 6.07) is 5.68. The zero-order valence-corrected chi connectivity index (χ0v) is 15.6. The smallest absolute Gasteiger partial charge is 0.254 e. The predicted octanol–water partition coefficient (Wildman–Crippen LogP) is 1.85. The van der Waals surface area contributed by atoms with Gasteiger partial charge in [-0.2, -0.15) is 5.26 Å². The molecule has 1 amide bonds. The summed E-state index contributed by atoms with van der Waals surface area (Å²) in [4.78, 5) is 27.1. The minimum atomic E-state index is -0.00287. The topological polar surface area (TPSA) is 89.5 Å². The molecule has 0 atom stereocenters. The van der Waals surface area contributed by atoms with Gasteiger partial charge in [0, 0.05) is 58.0 Å². The molecule has 4 rings (SSSR count). The molecule has 2 aliphatic rings. The van der Waals surface area contributed by atoms with Crippen molar-refractivity contribution in [1.82, 2.24) is 14.9 Å². The molecular weight excluding hydrogens is 344 g/mol. The number of hydrogen-bond donors (Lipinski definition) is 0. The second-order valence-corrected chi connectivity index (χ2v) is 7.17. The van der Waals surface area contributed by atoms with Crippen molar-refractivity contribution in [1.29, 1.82) is 5.26 Å². The van der Waals surface area contributed by atoms with E-state index < -0.39 is 0 Å². The summed E-state index contributed by atoms with van der Waals surface area (Å²) in [5.41, 5.74) is 0.983. The van der Waals surface area contributed by atoms with E-state index in [2.05, 4.69) is 16.0 Å². The highest BCUT2D eigenvalue weighted by atomic mass is 16.4. The van der Waals surface area contributed by atoms with Crippen LogP contribution in [0.3, 0.4) is 0 Å². The zero-order chi connectivity index (χ0) is 19.0. The van der Waals surface area contributed by atoms with E-state index in [9.17, 15) is 10.1 Å².